The van der Waals surface area contributed by atoms with E-state index in [9.17, 15) is 27.2 Å². The Morgan fingerprint density at radius 3 is 2.52 bits per heavy atom. The van der Waals surface area contributed by atoms with Crippen molar-refractivity contribution in [2.45, 2.75) is 25.6 Å². The van der Waals surface area contributed by atoms with Crippen LogP contribution in [-0.2, 0) is 15.8 Å². The Balaban J connectivity index is 1.90. The van der Waals surface area contributed by atoms with Gasteiger partial charge in [0.1, 0.15) is 11.6 Å². The molecule has 1 aliphatic heterocycles. The van der Waals surface area contributed by atoms with Gasteiger partial charge < -0.3 is 15.4 Å². The zero-order valence-electron chi connectivity index (χ0n) is 15.4. The molecule has 5 nitrogen and oxygen atoms in total. The van der Waals surface area contributed by atoms with Crippen LogP contribution in [0.25, 0.3) is 11.1 Å². The van der Waals surface area contributed by atoms with Crippen LogP contribution in [0.4, 0.5) is 17.6 Å². The molecule has 29 heavy (non-hydrogen) atoms. The molecule has 0 bridgehead atoms. The standard InChI is InChI=1S/C20H18F4N2O3/c1-11(27)25-10-19(28)26-17-6-7-29-18-5-3-12(8-14(17)18)13-2-4-16(21)15(9-13)20(22,23)24/h2-5,8-9,17H,6-7,10H2,1H3,(H,25,27)(H,26,28). The van der Waals surface area contributed by atoms with E-state index >= 15 is 0 Å². The summed E-state index contributed by atoms with van der Waals surface area (Å²) in [5, 5.41) is 5.18. The zero-order chi connectivity index (χ0) is 21.2. The van der Waals surface area contributed by atoms with E-state index < -0.39 is 29.5 Å². The Hall–Kier alpha value is -3.10. The average Bonchev–Trinajstić information content (AvgIpc) is 2.66. The van der Waals surface area contributed by atoms with Crippen molar-refractivity contribution in [3.05, 3.63) is 53.3 Å². The van der Waals surface area contributed by atoms with Gasteiger partial charge in [-0.05, 0) is 35.4 Å². The predicted octanol–water partition coefficient (Wildman–Crippen LogP) is 3.59. The van der Waals surface area contributed by atoms with Crippen molar-refractivity contribution >= 4 is 11.8 Å². The third kappa shape index (κ3) is 4.85. The van der Waals surface area contributed by atoms with Crippen molar-refractivity contribution in [3.8, 4) is 16.9 Å². The molecule has 1 heterocycles. The third-order valence-corrected chi connectivity index (χ3v) is 4.49. The fourth-order valence-corrected chi connectivity index (χ4v) is 3.10. The lowest BCUT2D eigenvalue weighted by molar-refractivity contribution is -0.140. The summed E-state index contributed by atoms with van der Waals surface area (Å²) in [5.41, 5.74) is -0.122. The molecule has 0 saturated heterocycles. The average molecular weight is 410 g/mol. The summed E-state index contributed by atoms with van der Waals surface area (Å²) in [4.78, 5) is 23.0. The smallest absolute Gasteiger partial charge is 0.419 e. The van der Waals surface area contributed by atoms with E-state index in [1.165, 1.54) is 13.0 Å². The number of carbonyl (C=O) groups excluding carboxylic acids is 2. The van der Waals surface area contributed by atoms with Gasteiger partial charge >= 0.3 is 6.18 Å². The molecule has 0 spiro atoms. The van der Waals surface area contributed by atoms with Crippen LogP contribution >= 0.6 is 0 Å². The Morgan fingerprint density at radius 1 is 1.14 bits per heavy atom. The molecule has 1 aliphatic rings. The highest BCUT2D eigenvalue weighted by atomic mass is 19.4. The Labute approximate surface area is 164 Å². The number of amides is 2. The number of ether oxygens (including phenoxy) is 1. The summed E-state index contributed by atoms with van der Waals surface area (Å²) in [6.45, 7) is 1.46. The van der Waals surface area contributed by atoms with Crippen molar-refractivity contribution in [2.24, 2.45) is 0 Å². The second-order valence-electron chi connectivity index (χ2n) is 6.61. The van der Waals surface area contributed by atoms with Crippen LogP contribution < -0.4 is 15.4 Å². The molecule has 2 aromatic rings. The summed E-state index contributed by atoms with van der Waals surface area (Å²) in [7, 11) is 0. The molecule has 1 atom stereocenters. The molecule has 2 N–H and O–H groups in total. The fourth-order valence-electron chi connectivity index (χ4n) is 3.10. The molecule has 0 aromatic heterocycles. The minimum absolute atomic E-state index is 0.186. The Kier molecular flexibility index (Phi) is 5.76. The zero-order valence-corrected chi connectivity index (χ0v) is 15.4. The van der Waals surface area contributed by atoms with Crippen LogP contribution in [0.2, 0.25) is 0 Å². The normalized spacial score (nSPS) is 15.8. The van der Waals surface area contributed by atoms with Crippen LogP contribution in [0, 0.1) is 5.82 Å². The van der Waals surface area contributed by atoms with Crippen LogP contribution in [0.3, 0.4) is 0 Å². The van der Waals surface area contributed by atoms with E-state index in [-0.39, 0.29) is 18.0 Å². The van der Waals surface area contributed by atoms with E-state index in [2.05, 4.69) is 10.6 Å². The largest absolute Gasteiger partial charge is 0.493 e. The van der Waals surface area contributed by atoms with Gasteiger partial charge in [-0.3, -0.25) is 9.59 Å². The van der Waals surface area contributed by atoms with Crippen molar-refractivity contribution in [1.29, 1.82) is 0 Å². The fraction of sp³-hybridized carbons (Fsp3) is 0.300. The minimum atomic E-state index is -4.81. The van der Waals surface area contributed by atoms with Crippen molar-refractivity contribution in [3.63, 3.8) is 0 Å². The van der Waals surface area contributed by atoms with Crippen LogP contribution in [0.1, 0.15) is 30.5 Å². The topological polar surface area (TPSA) is 67.4 Å². The molecule has 0 radical (unpaired) electrons. The van der Waals surface area contributed by atoms with E-state index in [4.69, 9.17) is 4.74 Å². The predicted molar refractivity (Wildman–Crippen MR) is 96.5 cm³/mol. The summed E-state index contributed by atoms with van der Waals surface area (Å²) >= 11 is 0. The molecule has 2 aromatic carbocycles. The monoisotopic (exact) mass is 410 g/mol. The highest BCUT2D eigenvalue weighted by Gasteiger charge is 2.34. The van der Waals surface area contributed by atoms with E-state index in [0.29, 0.717) is 29.9 Å². The SMILES string of the molecule is CC(=O)NCC(=O)NC1CCOc2ccc(-c3ccc(F)c(C(F)(F)F)c3)cc21. The lowest BCUT2D eigenvalue weighted by Gasteiger charge is -2.27. The number of rotatable bonds is 4. The van der Waals surface area contributed by atoms with Gasteiger partial charge in [0, 0.05) is 18.9 Å². The highest BCUT2D eigenvalue weighted by molar-refractivity contribution is 5.84. The summed E-state index contributed by atoms with van der Waals surface area (Å²) in [6, 6.07) is 7.17. The Morgan fingerprint density at radius 2 is 1.83 bits per heavy atom. The maximum absolute atomic E-state index is 13.6. The number of nitrogens with one attached hydrogen (secondary N) is 2. The van der Waals surface area contributed by atoms with Gasteiger partial charge in [0.15, 0.2) is 0 Å². The first-order chi connectivity index (χ1) is 13.6. The second kappa shape index (κ2) is 8.10. The highest BCUT2D eigenvalue weighted by Crippen LogP contribution is 2.38. The van der Waals surface area contributed by atoms with Crippen LogP contribution in [0.5, 0.6) is 5.75 Å². The lowest BCUT2D eigenvalue weighted by atomic mass is 9.94. The number of alkyl halides is 3. The third-order valence-electron chi connectivity index (χ3n) is 4.49. The number of hydrogen-bond donors (Lipinski definition) is 2. The first kappa shape index (κ1) is 20.6. The molecule has 3 rings (SSSR count). The molecule has 0 fully saturated rings. The molecule has 0 saturated carbocycles. The van der Waals surface area contributed by atoms with Gasteiger partial charge in [-0.2, -0.15) is 13.2 Å². The quantitative estimate of drug-likeness (QED) is 0.758. The molecule has 2 amide bonds. The molecule has 1 unspecified atom stereocenters. The van der Waals surface area contributed by atoms with Gasteiger partial charge in [-0.25, -0.2) is 4.39 Å². The Bertz CT molecular complexity index is 944. The van der Waals surface area contributed by atoms with Gasteiger partial charge in [0.25, 0.3) is 0 Å². The van der Waals surface area contributed by atoms with Gasteiger partial charge in [-0.1, -0.05) is 12.1 Å². The van der Waals surface area contributed by atoms with Crippen LogP contribution in [0.15, 0.2) is 36.4 Å². The second-order valence-corrected chi connectivity index (χ2v) is 6.61. The number of hydrogen-bond acceptors (Lipinski definition) is 3. The van der Waals surface area contributed by atoms with E-state index in [1.54, 1.807) is 18.2 Å². The van der Waals surface area contributed by atoms with Crippen molar-refractivity contribution in [2.75, 3.05) is 13.2 Å². The molecule has 154 valence electrons. The van der Waals surface area contributed by atoms with Gasteiger partial charge in [-0.15, -0.1) is 0 Å². The maximum atomic E-state index is 13.6. The number of benzene rings is 2. The number of halogens is 4. The first-order valence-electron chi connectivity index (χ1n) is 8.83. The summed E-state index contributed by atoms with van der Waals surface area (Å²) in [5.74, 6) is -1.58. The first-order valence-corrected chi connectivity index (χ1v) is 8.83. The molecular weight excluding hydrogens is 392 g/mol. The van der Waals surface area contributed by atoms with Crippen molar-refractivity contribution in [1.82, 2.24) is 10.6 Å². The molecule has 9 heteroatoms. The van der Waals surface area contributed by atoms with Crippen molar-refractivity contribution < 1.29 is 31.9 Å². The maximum Gasteiger partial charge on any atom is 0.419 e. The number of fused-ring (bicyclic) bond motifs is 1. The molecule has 0 aliphatic carbocycles. The number of carbonyl (C=O) groups is 2. The van der Waals surface area contributed by atoms with E-state index in [1.807, 2.05) is 0 Å². The summed E-state index contributed by atoms with van der Waals surface area (Å²) in [6.07, 6.45) is -4.35. The summed E-state index contributed by atoms with van der Waals surface area (Å²) < 4.78 is 58.2. The lowest BCUT2D eigenvalue weighted by Crippen LogP contribution is -2.39. The van der Waals surface area contributed by atoms with E-state index in [0.717, 1.165) is 12.1 Å². The molecular formula is C20H18F4N2O3. The minimum Gasteiger partial charge on any atom is -0.493 e. The van der Waals surface area contributed by atoms with Gasteiger partial charge in [0.05, 0.1) is 24.8 Å². The van der Waals surface area contributed by atoms with Crippen LogP contribution in [-0.4, -0.2) is 25.0 Å². The van der Waals surface area contributed by atoms with Gasteiger partial charge in [0.2, 0.25) is 11.8 Å².